The van der Waals surface area contributed by atoms with Crippen molar-refractivity contribution in [2.45, 2.75) is 6.92 Å². The molecular weight excluding hydrogens is 367 g/mol. The normalized spacial score (nSPS) is 10.3. The Morgan fingerprint density at radius 2 is 1.55 bits per heavy atom. The zero-order valence-electron chi connectivity index (χ0n) is 11.1. The van der Waals surface area contributed by atoms with Crippen LogP contribution in [0.1, 0.15) is 6.92 Å². The second-order valence-corrected chi connectivity index (χ2v) is 5.39. The molecule has 2 aromatic carbocycles. The van der Waals surface area contributed by atoms with Gasteiger partial charge in [0.05, 0.1) is 0 Å². The number of hydrogen-bond donors (Lipinski definition) is 0. The van der Waals surface area contributed by atoms with Crippen LogP contribution in [-0.4, -0.2) is 19.2 Å². The van der Waals surface area contributed by atoms with Gasteiger partial charge in [0.15, 0.2) is 0 Å². The molecule has 2 aromatic rings. The lowest BCUT2D eigenvalue weighted by Crippen LogP contribution is -2.15. The van der Waals surface area contributed by atoms with Crippen LogP contribution in [0, 0.1) is 3.57 Å². The number of carbonyl (C=O) groups is 1. The minimum absolute atomic E-state index is 0.0185. The predicted octanol–water partition coefficient (Wildman–Crippen LogP) is 3.90. The van der Waals surface area contributed by atoms with E-state index in [0.29, 0.717) is 12.4 Å². The summed E-state index contributed by atoms with van der Waals surface area (Å²) >= 11 is 2.28. The van der Waals surface area contributed by atoms with Gasteiger partial charge in [-0.15, -0.1) is 0 Å². The van der Waals surface area contributed by atoms with E-state index in [1.807, 2.05) is 19.1 Å². The summed E-state index contributed by atoms with van der Waals surface area (Å²) < 4.78 is 11.4. The Hall–Kier alpha value is -1.40. The summed E-state index contributed by atoms with van der Waals surface area (Å²) in [7, 11) is 0. The molecule has 0 fully saturated rings. The highest BCUT2D eigenvalue weighted by Crippen LogP contribution is 2.23. The Balaban J connectivity index is 2.02. The van der Waals surface area contributed by atoms with Gasteiger partial charge in [-0.2, -0.15) is 0 Å². The molecule has 0 aliphatic heterocycles. The van der Waals surface area contributed by atoms with E-state index in [9.17, 15) is 4.79 Å². The molecule has 0 spiro atoms. The minimum Gasteiger partial charge on any atom is -0.425 e. The first-order valence-electron chi connectivity index (χ1n) is 6.33. The van der Waals surface area contributed by atoms with Crippen LogP contribution < -0.4 is 4.74 Å². The quantitative estimate of drug-likeness (QED) is 0.447. The number of carbonyl (C=O) groups excluding carboxylic acids is 1. The molecule has 0 N–H and O–H groups in total. The van der Waals surface area contributed by atoms with E-state index < -0.39 is 0 Å². The van der Waals surface area contributed by atoms with Crippen molar-refractivity contribution in [1.82, 2.24) is 0 Å². The van der Waals surface area contributed by atoms with Crippen molar-refractivity contribution in [3.05, 3.63) is 52.1 Å². The lowest BCUT2D eigenvalue weighted by molar-refractivity contribution is -0.139. The van der Waals surface area contributed by atoms with Crippen molar-refractivity contribution >= 4 is 28.6 Å². The van der Waals surface area contributed by atoms with Crippen molar-refractivity contribution in [2.24, 2.45) is 0 Å². The number of benzene rings is 2. The first-order valence-corrected chi connectivity index (χ1v) is 7.41. The topological polar surface area (TPSA) is 35.5 Å². The summed E-state index contributed by atoms with van der Waals surface area (Å²) in [5, 5.41) is 0. The molecule has 0 aliphatic carbocycles. The minimum atomic E-state index is -0.381. The molecular formula is C16H15IO3. The molecule has 2 rings (SSSR count). The van der Waals surface area contributed by atoms with Crippen LogP contribution in [0.2, 0.25) is 0 Å². The molecule has 0 saturated carbocycles. The third-order valence-electron chi connectivity index (χ3n) is 2.69. The van der Waals surface area contributed by atoms with Crippen LogP contribution in [0.3, 0.4) is 0 Å². The SMILES string of the molecule is CCOCC(=O)Oc1ccc(-c2ccc(I)cc2)cc1. The van der Waals surface area contributed by atoms with Crippen LogP contribution in [0.4, 0.5) is 0 Å². The summed E-state index contributed by atoms with van der Waals surface area (Å²) in [4.78, 5) is 11.4. The number of rotatable bonds is 5. The summed E-state index contributed by atoms with van der Waals surface area (Å²) in [5.41, 5.74) is 2.23. The zero-order chi connectivity index (χ0) is 14.4. The van der Waals surface area contributed by atoms with Gasteiger partial charge in [0.25, 0.3) is 0 Å². The van der Waals surface area contributed by atoms with Gasteiger partial charge in [-0.3, -0.25) is 0 Å². The van der Waals surface area contributed by atoms with Crippen molar-refractivity contribution in [3.63, 3.8) is 0 Å². The third-order valence-corrected chi connectivity index (χ3v) is 3.41. The Morgan fingerprint density at radius 3 is 2.10 bits per heavy atom. The largest absolute Gasteiger partial charge is 0.425 e. The van der Waals surface area contributed by atoms with Gasteiger partial charge < -0.3 is 9.47 Å². The molecule has 3 nitrogen and oxygen atoms in total. The third kappa shape index (κ3) is 4.31. The average molecular weight is 382 g/mol. The van der Waals surface area contributed by atoms with Crippen molar-refractivity contribution in [2.75, 3.05) is 13.2 Å². The van der Waals surface area contributed by atoms with Crippen LogP contribution in [0.25, 0.3) is 11.1 Å². The van der Waals surface area contributed by atoms with E-state index in [2.05, 4.69) is 46.9 Å². The molecule has 0 amide bonds. The highest BCUT2D eigenvalue weighted by molar-refractivity contribution is 14.1. The van der Waals surface area contributed by atoms with Gasteiger partial charge in [0.2, 0.25) is 0 Å². The highest BCUT2D eigenvalue weighted by atomic mass is 127. The van der Waals surface area contributed by atoms with Crippen molar-refractivity contribution in [1.29, 1.82) is 0 Å². The van der Waals surface area contributed by atoms with Crippen LogP contribution in [-0.2, 0) is 9.53 Å². The molecule has 0 heterocycles. The summed E-state index contributed by atoms with van der Waals surface area (Å²) in [6.45, 7) is 2.32. The highest BCUT2D eigenvalue weighted by Gasteiger charge is 2.05. The molecule has 0 aliphatic rings. The summed E-state index contributed by atoms with van der Waals surface area (Å²) in [6, 6.07) is 15.7. The van der Waals surface area contributed by atoms with E-state index in [1.165, 1.54) is 3.57 Å². The number of ether oxygens (including phenoxy) is 2. The van der Waals surface area contributed by atoms with Gasteiger partial charge in [0, 0.05) is 10.2 Å². The number of hydrogen-bond acceptors (Lipinski definition) is 3. The Bertz CT molecular complexity index is 561. The summed E-state index contributed by atoms with van der Waals surface area (Å²) in [5.74, 6) is 0.151. The lowest BCUT2D eigenvalue weighted by atomic mass is 10.1. The second-order valence-electron chi connectivity index (χ2n) is 4.14. The maximum absolute atomic E-state index is 11.4. The maximum atomic E-state index is 11.4. The molecule has 4 heteroatoms. The molecule has 0 atom stereocenters. The Labute approximate surface area is 132 Å². The average Bonchev–Trinajstić information content (AvgIpc) is 2.47. The lowest BCUT2D eigenvalue weighted by Gasteiger charge is -2.06. The summed E-state index contributed by atoms with van der Waals surface area (Å²) in [6.07, 6.45) is 0. The van der Waals surface area contributed by atoms with Crippen molar-refractivity contribution < 1.29 is 14.3 Å². The fourth-order valence-corrected chi connectivity index (χ4v) is 2.06. The van der Waals surface area contributed by atoms with Gasteiger partial charge >= 0.3 is 5.97 Å². The Morgan fingerprint density at radius 1 is 1.00 bits per heavy atom. The first kappa shape index (κ1) is 15.0. The van der Waals surface area contributed by atoms with Crippen LogP contribution in [0.5, 0.6) is 5.75 Å². The van der Waals surface area contributed by atoms with E-state index in [-0.39, 0.29) is 12.6 Å². The zero-order valence-corrected chi connectivity index (χ0v) is 13.3. The van der Waals surface area contributed by atoms with Gasteiger partial charge in [-0.05, 0) is 64.9 Å². The van der Waals surface area contributed by atoms with Gasteiger partial charge in [0.1, 0.15) is 12.4 Å². The number of halogens is 1. The van der Waals surface area contributed by atoms with E-state index in [0.717, 1.165) is 11.1 Å². The fraction of sp³-hybridized carbons (Fsp3) is 0.188. The van der Waals surface area contributed by atoms with Gasteiger partial charge in [-0.1, -0.05) is 24.3 Å². The second kappa shape index (κ2) is 7.40. The van der Waals surface area contributed by atoms with Crippen molar-refractivity contribution in [3.8, 4) is 16.9 Å². The maximum Gasteiger partial charge on any atom is 0.337 e. The monoisotopic (exact) mass is 382 g/mol. The molecule has 0 unspecified atom stereocenters. The standard InChI is InChI=1S/C16H15IO3/c1-2-19-11-16(18)20-15-9-5-13(6-10-15)12-3-7-14(17)8-4-12/h3-10H,2,11H2,1H3. The van der Waals surface area contributed by atoms with Gasteiger partial charge in [-0.25, -0.2) is 4.79 Å². The molecule has 0 aromatic heterocycles. The van der Waals surface area contributed by atoms with E-state index in [1.54, 1.807) is 12.1 Å². The first-order chi connectivity index (χ1) is 9.69. The predicted molar refractivity (Wildman–Crippen MR) is 86.7 cm³/mol. The molecule has 0 bridgehead atoms. The number of esters is 1. The smallest absolute Gasteiger partial charge is 0.337 e. The fourth-order valence-electron chi connectivity index (χ4n) is 1.70. The van der Waals surface area contributed by atoms with E-state index >= 15 is 0 Å². The molecule has 104 valence electrons. The van der Waals surface area contributed by atoms with Crippen LogP contribution >= 0.6 is 22.6 Å². The molecule has 0 saturated heterocycles. The molecule has 0 radical (unpaired) electrons. The Kier molecular flexibility index (Phi) is 5.55. The van der Waals surface area contributed by atoms with Crippen LogP contribution in [0.15, 0.2) is 48.5 Å². The molecule has 20 heavy (non-hydrogen) atoms. The van der Waals surface area contributed by atoms with E-state index in [4.69, 9.17) is 9.47 Å².